The summed E-state index contributed by atoms with van der Waals surface area (Å²) in [6, 6.07) is 5.44. The molecule has 0 aliphatic carbocycles. The molecule has 2 aromatic rings. The molecule has 1 atom stereocenters. The number of rotatable bonds is 3. The van der Waals surface area contributed by atoms with Gasteiger partial charge < -0.3 is 4.90 Å². The Kier molecular flexibility index (Phi) is 5.04. The Morgan fingerprint density at radius 1 is 1.23 bits per heavy atom. The maximum atomic E-state index is 13.0. The second-order valence-electron chi connectivity index (χ2n) is 7.32. The van der Waals surface area contributed by atoms with Crippen LogP contribution in [0, 0.1) is 11.2 Å². The Morgan fingerprint density at radius 2 is 1.92 bits per heavy atom. The first-order chi connectivity index (χ1) is 12.3. The van der Waals surface area contributed by atoms with Crippen LogP contribution in [0.1, 0.15) is 33.6 Å². The first-order valence-corrected chi connectivity index (χ1v) is 9.29. The number of likely N-dealkylation sites (tertiary alicyclic amines) is 1. The highest BCUT2D eigenvalue weighted by Gasteiger charge is 2.38. The number of halogens is 1. The molecule has 3 rings (SSSR count). The van der Waals surface area contributed by atoms with Crippen molar-refractivity contribution in [2.75, 3.05) is 11.9 Å². The molecule has 1 saturated heterocycles. The number of benzene rings is 1. The molecular weight excluding hydrogens is 355 g/mol. The predicted octanol–water partition coefficient (Wildman–Crippen LogP) is 3.32. The quantitative estimate of drug-likeness (QED) is 0.892. The summed E-state index contributed by atoms with van der Waals surface area (Å²) in [5.74, 6) is -0.599. The molecule has 1 aliphatic heterocycles. The Labute approximate surface area is 155 Å². The van der Waals surface area contributed by atoms with Crippen molar-refractivity contribution in [3.63, 3.8) is 0 Å². The summed E-state index contributed by atoms with van der Waals surface area (Å²) in [7, 11) is 0. The Hall–Kier alpha value is -2.35. The van der Waals surface area contributed by atoms with Crippen molar-refractivity contribution in [3.05, 3.63) is 30.1 Å². The lowest BCUT2D eigenvalue weighted by molar-refractivity contribution is -0.143. The number of aromatic nitrogens is 2. The highest BCUT2D eigenvalue weighted by molar-refractivity contribution is 7.18. The SMILES string of the molecule is CC(C)(C)C(=O)N1CCC[C@@H]1C(=O)Nc1nnc(-c2ccc(F)cc2)s1. The molecule has 138 valence electrons. The molecule has 6 nitrogen and oxygen atoms in total. The number of carbonyl (C=O) groups excluding carboxylic acids is 2. The van der Waals surface area contributed by atoms with Crippen molar-refractivity contribution in [2.45, 2.75) is 39.7 Å². The second-order valence-corrected chi connectivity index (χ2v) is 8.29. The molecular formula is C18H21FN4O2S. The Morgan fingerprint density at radius 3 is 2.58 bits per heavy atom. The zero-order chi connectivity index (χ0) is 18.9. The minimum Gasteiger partial charge on any atom is -0.330 e. The van der Waals surface area contributed by atoms with Crippen molar-refractivity contribution in [3.8, 4) is 10.6 Å². The highest BCUT2D eigenvalue weighted by Crippen LogP contribution is 2.29. The van der Waals surface area contributed by atoms with Crippen molar-refractivity contribution < 1.29 is 14.0 Å². The van der Waals surface area contributed by atoms with Gasteiger partial charge in [-0.05, 0) is 37.1 Å². The lowest BCUT2D eigenvalue weighted by Crippen LogP contribution is -2.47. The van der Waals surface area contributed by atoms with Gasteiger partial charge >= 0.3 is 0 Å². The molecule has 26 heavy (non-hydrogen) atoms. The molecule has 0 radical (unpaired) electrons. The van der Waals surface area contributed by atoms with E-state index in [0.717, 1.165) is 12.0 Å². The van der Waals surface area contributed by atoms with Crippen LogP contribution < -0.4 is 5.32 Å². The van der Waals surface area contributed by atoms with Crippen LogP contribution in [-0.2, 0) is 9.59 Å². The van der Waals surface area contributed by atoms with Gasteiger partial charge in [0.1, 0.15) is 16.9 Å². The lowest BCUT2D eigenvalue weighted by atomic mass is 9.94. The van der Waals surface area contributed by atoms with Crippen LogP contribution in [0.25, 0.3) is 10.6 Å². The van der Waals surface area contributed by atoms with E-state index in [4.69, 9.17) is 0 Å². The highest BCUT2D eigenvalue weighted by atomic mass is 32.1. The minimum atomic E-state index is -0.526. The van der Waals surface area contributed by atoms with Gasteiger partial charge in [-0.1, -0.05) is 32.1 Å². The van der Waals surface area contributed by atoms with Gasteiger partial charge in [0.15, 0.2) is 0 Å². The number of carbonyl (C=O) groups is 2. The van der Waals surface area contributed by atoms with E-state index in [2.05, 4.69) is 15.5 Å². The average Bonchev–Trinajstić information content (AvgIpc) is 3.23. The maximum Gasteiger partial charge on any atom is 0.249 e. The van der Waals surface area contributed by atoms with E-state index in [0.29, 0.717) is 23.1 Å². The predicted molar refractivity (Wildman–Crippen MR) is 98.1 cm³/mol. The summed E-state index contributed by atoms with van der Waals surface area (Å²) in [5.41, 5.74) is 0.205. The number of nitrogens with one attached hydrogen (secondary N) is 1. The number of hydrogen-bond acceptors (Lipinski definition) is 5. The van der Waals surface area contributed by atoms with Crippen molar-refractivity contribution in [1.82, 2.24) is 15.1 Å². The third-order valence-electron chi connectivity index (χ3n) is 4.20. The fourth-order valence-electron chi connectivity index (χ4n) is 2.88. The van der Waals surface area contributed by atoms with Crippen LogP contribution in [0.4, 0.5) is 9.52 Å². The Bertz CT molecular complexity index is 813. The van der Waals surface area contributed by atoms with Gasteiger partial charge in [0.25, 0.3) is 0 Å². The monoisotopic (exact) mass is 376 g/mol. The van der Waals surface area contributed by atoms with E-state index in [1.54, 1.807) is 17.0 Å². The van der Waals surface area contributed by atoms with Crippen LogP contribution in [0.3, 0.4) is 0 Å². The van der Waals surface area contributed by atoms with Crippen molar-refractivity contribution >= 4 is 28.3 Å². The summed E-state index contributed by atoms with van der Waals surface area (Å²) < 4.78 is 13.0. The average molecular weight is 376 g/mol. The molecule has 1 aromatic heterocycles. The Balaban J connectivity index is 1.70. The molecule has 0 unspecified atom stereocenters. The van der Waals surface area contributed by atoms with Gasteiger partial charge in [-0.3, -0.25) is 14.9 Å². The minimum absolute atomic E-state index is 0.0283. The standard InChI is InChI=1S/C18H21FN4O2S/c1-18(2,3)16(25)23-10-4-5-13(23)14(24)20-17-22-21-15(26-17)11-6-8-12(19)9-7-11/h6-9,13H,4-5,10H2,1-3H3,(H,20,22,24)/t13-/m1/s1. The normalized spacial score (nSPS) is 17.4. The van der Waals surface area contributed by atoms with Crippen LogP contribution in [0.2, 0.25) is 0 Å². The van der Waals surface area contributed by atoms with Crippen molar-refractivity contribution in [2.24, 2.45) is 5.41 Å². The molecule has 2 amide bonds. The largest absolute Gasteiger partial charge is 0.330 e. The summed E-state index contributed by atoms with van der Waals surface area (Å²) in [5, 5.41) is 11.7. The topological polar surface area (TPSA) is 75.2 Å². The van der Waals surface area contributed by atoms with E-state index in [1.807, 2.05) is 20.8 Å². The second kappa shape index (κ2) is 7.11. The van der Waals surface area contributed by atoms with Crippen LogP contribution in [-0.4, -0.2) is 39.5 Å². The van der Waals surface area contributed by atoms with E-state index >= 15 is 0 Å². The zero-order valence-electron chi connectivity index (χ0n) is 15.0. The number of amides is 2. The van der Waals surface area contributed by atoms with Gasteiger partial charge in [0.2, 0.25) is 16.9 Å². The fourth-order valence-corrected chi connectivity index (χ4v) is 3.64. The summed E-state index contributed by atoms with van der Waals surface area (Å²) in [6.07, 6.45) is 1.44. The van der Waals surface area contributed by atoms with Crippen LogP contribution in [0.15, 0.2) is 24.3 Å². The molecule has 0 saturated carbocycles. The van der Waals surface area contributed by atoms with Gasteiger partial charge in [0, 0.05) is 17.5 Å². The van der Waals surface area contributed by atoms with E-state index < -0.39 is 11.5 Å². The van der Waals surface area contributed by atoms with E-state index in [1.165, 1.54) is 23.5 Å². The smallest absolute Gasteiger partial charge is 0.249 e. The molecule has 0 bridgehead atoms. The maximum absolute atomic E-state index is 13.0. The molecule has 2 heterocycles. The third-order valence-corrected chi connectivity index (χ3v) is 5.09. The number of nitrogens with zero attached hydrogens (tertiary/aromatic N) is 3. The van der Waals surface area contributed by atoms with Crippen molar-refractivity contribution in [1.29, 1.82) is 0 Å². The van der Waals surface area contributed by atoms with Gasteiger partial charge in [-0.15, -0.1) is 10.2 Å². The molecule has 1 aliphatic rings. The molecule has 8 heteroatoms. The first kappa shape index (κ1) is 18.4. The van der Waals surface area contributed by atoms with Crippen LogP contribution >= 0.6 is 11.3 Å². The van der Waals surface area contributed by atoms with E-state index in [-0.39, 0.29) is 17.6 Å². The summed E-state index contributed by atoms with van der Waals surface area (Å²) >= 11 is 1.21. The first-order valence-electron chi connectivity index (χ1n) is 8.47. The molecule has 1 aromatic carbocycles. The number of anilines is 1. The third kappa shape index (κ3) is 3.90. The zero-order valence-corrected chi connectivity index (χ0v) is 15.8. The van der Waals surface area contributed by atoms with Gasteiger partial charge in [0.05, 0.1) is 0 Å². The fraction of sp³-hybridized carbons (Fsp3) is 0.444. The molecule has 1 fully saturated rings. The number of hydrogen-bond donors (Lipinski definition) is 1. The van der Waals surface area contributed by atoms with Crippen LogP contribution in [0.5, 0.6) is 0 Å². The molecule has 1 N–H and O–H groups in total. The lowest BCUT2D eigenvalue weighted by Gasteiger charge is -2.29. The van der Waals surface area contributed by atoms with Gasteiger partial charge in [-0.2, -0.15) is 0 Å². The van der Waals surface area contributed by atoms with E-state index in [9.17, 15) is 14.0 Å². The molecule has 0 spiro atoms. The summed E-state index contributed by atoms with van der Waals surface area (Å²) in [6.45, 7) is 6.14. The summed E-state index contributed by atoms with van der Waals surface area (Å²) in [4.78, 5) is 26.8. The van der Waals surface area contributed by atoms with Gasteiger partial charge in [-0.25, -0.2) is 4.39 Å².